The van der Waals surface area contributed by atoms with E-state index in [1.807, 2.05) is 0 Å². The van der Waals surface area contributed by atoms with Crippen LogP contribution in [0.1, 0.15) is 45.1 Å². The Labute approximate surface area is 118 Å². The van der Waals surface area contributed by atoms with E-state index in [1.165, 1.54) is 50.0 Å². The molecule has 0 radical (unpaired) electrons. The Kier molecular flexibility index (Phi) is 5.71. The maximum absolute atomic E-state index is 3.45. The number of rotatable bonds is 5. The van der Waals surface area contributed by atoms with E-state index in [0.717, 1.165) is 19.0 Å². The SMILES string of the molecule is CCNCc1ccccc1N1CCCC(CC)CC1. The fourth-order valence-electron chi connectivity index (χ4n) is 3.04. The zero-order chi connectivity index (χ0) is 13.5. The standard InChI is InChI=1S/C17H28N2/c1-3-15-8-7-12-19(13-11-15)17-10-6-5-9-16(17)14-18-4-2/h5-6,9-10,15,18H,3-4,7-8,11-14H2,1-2H3. The molecule has 2 rings (SSSR count). The molecule has 0 aromatic heterocycles. The number of nitrogens with one attached hydrogen (secondary N) is 1. The average Bonchev–Trinajstić information content (AvgIpc) is 2.70. The Morgan fingerprint density at radius 1 is 1.16 bits per heavy atom. The first kappa shape index (κ1) is 14.4. The molecular formula is C17H28N2. The van der Waals surface area contributed by atoms with Crippen molar-refractivity contribution in [3.05, 3.63) is 29.8 Å². The van der Waals surface area contributed by atoms with Crippen LogP contribution in [0, 0.1) is 5.92 Å². The van der Waals surface area contributed by atoms with Crippen molar-refractivity contribution in [2.45, 2.75) is 46.1 Å². The Bertz CT molecular complexity index is 375. The lowest BCUT2D eigenvalue weighted by atomic mass is 9.98. The maximum atomic E-state index is 3.45. The average molecular weight is 260 g/mol. The molecule has 1 fully saturated rings. The molecule has 1 aliphatic heterocycles. The second kappa shape index (κ2) is 7.54. The highest BCUT2D eigenvalue weighted by molar-refractivity contribution is 5.53. The van der Waals surface area contributed by atoms with E-state index < -0.39 is 0 Å². The van der Waals surface area contributed by atoms with Crippen LogP contribution in [0.2, 0.25) is 0 Å². The summed E-state index contributed by atoms with van der Waals surface area (Å²) in [5.41, 5.74) is 2.89. The molecular weight excluding hydrogens is 232 g/mol. The van der Waals surface area contributed by atoms with Crippen LogP contribution >= 0.6 is 0 Å². The molecule has 2 heteroatoms. The normalized spacial score (nSPS) is 20.3. The van der Waals surface area contributed by atoms with E-state index in [1.54, 1.807) is 0 Å². The van der Waals surface area contributed by atoms with E-state index in [-0.39, 0.29) is 0 Å². The summed E-state index contributed by atoms with van der Waals surface area (Å²) < 4.78 is 0. The number of para-hydroxylation sites is 1. The highest BCUT2D eigenvalue weighted by Crippen LogP contribution is 2.26. The molecule has 1 unspecified atom stereocenters. The van der Waals surface area contributed by atoms with E-state index in [9.17, 15) is 0 Å². The van der Waals surface area contributed by atoms with E-state index >= 15 is 0 Å². The zero-order valence-electron chi connectivity index (χ0n) is 12.5. The molecule has 1 atom stereocenters. The molecule has 0 spiro atoms. The fraction of sp³-hybridized carbons (Fsp3) is 0.647. The van der Waals surface area contributed by atoms with Crippen molar-refractivity contribution in [3.63, 3.8) is 0 Å². The Hall–Kier alpha value is -1.02. The molecule has 0 saturated carbocycles. The summed E-state index contributed by atoms with van der Waals surface area (Å²) in [6.45, 7) is 8.97. The Balaban J connectivity index is 2.07. The smallest absolute Gasteiger partial charge is 0.0411 e. The maximum Gasteiger partial charge on any atom is 0.0411 e. The molecule has 0 aliphatic carbocycles. The second-order valence-electron chi connectivity index (χ2n) is 5.60. The molecule has 0 bridgehead atoms. The van der Waals surface area contributed by atoms with Crippen molar-refractivity contribution in [2.75, 3.05) is 24.5 Å². The van der Waals surface area contributed by atoms with Crippen molar-refractivity contribution in [2.24, 2.45) is 5.92 Å². The second-order valence-corrected chi connectivity index (χ2v) is 5.60. The van der Waals surface area contributed by atoms with Gasteiger partial charge in [-0.15, -0.1) is 0 Å². The van der Waals surface area contributed by atoms with Gasteiger partial charge in [-0.2, -0.15) is 0 Å². The largest absolute Gasteiger partial charge is 0.371 e. The van der Waals surface area contributed by atoms with Gasteiger partial charge >= 0.3 is 0 Å². The molecule has 1 heterocycles. The minimum atomic E-state index is 0.936. The van der Waals surface area contributed by atoms with Gasteiger partial charge in [-0.3, -0.25) is 0 Å². The third-order valence-corrected chi connectivity index (χ3v) is 4.32. The van der Waals surface area contributed by atoms with Gasteiger partial charge in [0, 0.05) is 25.3 Å². The van der Waals surface area contributed by atoms with E-state index in [0.29, 0.717) is 0 Å². The van der Waals surface area contributed by atoms with Gasteiger partial charge in [0.15, 0.2) is 0 Å². The van der Waals surface area contributed by atoms with Gasteiger partial charge in [-0.05, 0) is 43.4 Å². The summed E-state index contributed by atoms with van der Waals surface area (Å²) in [5, 5.41) is 3.45. The first-order chi connectivity index (χ1) is 9.35. The van der Waals surface area contributed by atoms with E-state index in [4.69, 9.17) is 0 Å². The number of hydrogen-bond acceptors (Lipinski definition) is 2. The van der Waals surface area contributed by atoms with Crippen molar-refractivity contribution in [1.82, 2.24) is 5.32 Å². The van der Waals surface area contributed by atoms with Gasteiger partial charge in [-0.25, -0.2) is 0 Å². The van der Waals surface area contributed by atoms with Gasteiger partial charge in [0.1, 0.15) is 0 Å². The third-order valence-electron chi connectivity index (χ3n) is 4.32. The molecule has 1 N–H and O–H groups in total. The zero-order valence-corrected chi connectivity index (χ0v) is 12.5. The summed E-state index contributed by atoms with van der Waals surface area (Å²) >= 11 is 0. The third kappa shape index (κ3) is 3.97. The number of benzene rings is 1. The van der Waals surface area contributed by atoms with Gasteiger partial charge in [0.25, 0.3) is 0 Å². The van der Waals surface area contributed by atoms with Crippen LogP contribution in [-0.2, 0) is 6.54 Å². The summed E-state index contributed by atoms with van der Waals surface area (Å²) in [7, 11) is 0. The lowest BCUT2D eigenvalue weighted by molar-refractivity contribution is 0.459. The summed E-state index contributed by atoms with van der Waals surface area (Å²) in [5.74, 6) is 0.936. The van der Waals surface area contributed by atoms with Crippen LogP contribution in [0.25, 0.3) is 0 Å². The van der Waals surface area contributed by atoms with Gasteiger partial charge in [-0.1, -0.05) is 38.5 Å². The molecule has 19 heavy (non-hydrogen) atoms. The van der Waals surface area contributed by atoms with Crippen LogP contribution in [0.15, 0.2) is 24.3 Å². The molecule has 1 saturated heterocycles. The van der Waals surface area contributed by atoms with Gasteiger partial charge in [0.2, 0.25) is 0 Å². The first-order valence-electron chi connectivity index (χ1n) is 7.88. The summed E-state index contributed by atoms with van der Waals surface area (Å²) in [6, 6.07) is 8.88. The van der Waals surface area contributed by atoms with Gasteiger partial charge < -0.3 is 10.2 Å². The predicted octanol–water partition coefficient (Wildman–Crippen LogP) is 3.81. The molecule has 0 amide bonds. The van der Waals surface area contributed by atoms with Crippen molar-refractivity contribution in [3.8, 4) is 0 Å². The molecule has 1 aromatic rings. The highest BCUT2D eigenvalue weighted by atomic mass is 15.1. The topological polar surface area (TPSA) is 15.3 Å². The van der Waals surface area contributed by atoms with Crippen molar-refractivity contribution >= 4 is 5.69 Å². The van der Waals surface area contributed by atoms with Crippen LogP contribution < -0.4 is 10.2 Å². The Morgan fingerprint density at radius 3 is 2.79 bits per heavy atom. The fourth-order valence-corrected chi connectivity index (χ4v) is 3.04. The lowest BCUT2D eigenvalue weighted by Gasteiger charge is -2.25. The highest BCUT2D eigenvalue weighted by Gasteiger charge is 2.17. The van der Waals surface area contributed by atoms with Crippen LogP contribution in [0.4, 0.5) is 5.69 Å². The predicted molar refractivity (Wildman–Crippen MR) is 83.7 cm³/mol. The molecule has 106 valence electrons. The first-order valence-corrected chi connectivity index (χ1v) is 7.88. The van der Waals surface area contributed by atoms with Crippen molar-refractivity contribution < 1.29 is 0 Å². The van der Waals surface area contributed by atoms with Gasteiger partial charge in [0.05, 0.1) is 0 Å². The molecule has 1 aromatic carbocycles. The minimum Gasteiger partial charge on any atom is -0.371 e. The number of hydrogen-bond donors (Lipinski definition) is 1. The number of anilines is 1. The quantitative estimate of drug-likeness (QED) is 0.866. The lowest BCUT2D eigenvalue weighted by Crippen LogP contribution is -2.26. The minimum absolute atomic E-state index is 0.936. The van der Waals surface area contributed by atoms with Crippen LogP contribution in [-0.4, -0.2) is 19.6 Å². The van der Waals surface area contributed by atoms with Crippen LogP contribution in [0.5, 0.6) is 0 Å². The number of nitrogens with zero attached hydrogens (tertiary/aromatic N) is 1. The molecule has 1 aliphatic rings. The summed E-state index contributed by atoms with van der Waals surface area (Å²) in [6.07, 6.45) is 5.44. The Morgan fingerprint density at radius 2 is 2.00 bits per heavy atom. The molecule has 2 nitrogen and oxygen atoms in total. The monoisotopic (exact) mass is 260 g/mol. The van der Waals surface area contributed by atoms with Crippen molar-refractivity contribution in [1.29, 1.82) is 0 Å². The van der Waals surface area contributed by atoms with Crippen LogP contribution in [0.3, 0.4) is 0 Å². The van der Waals surface area contributed by atoms with E-state index in [2.05, 4.69) is 48.3 Å². The summed E-state index contributed by atoms with van der Waals surface area (Å²) in [4.78, 5) is 2.60.